The van der Waals surface area contributed by atoms with Gasteiger partial charge in [-0.05, 0) is 36.8 Å². The normalized spacial score (nSPS) is 15.4. The van der Waals surface area contributed by atoms with Crippen LogP contribution < -0.4 is 14.9 Å². The van der Waals surface area contributed by atoms with Crippen molar-refractivity contribution in [2.45, 2.75) is 13.0 Å². The van der Waals surface area contributed by atoms with Gasteiger partial charge in [-0.2, -0.15) is 0 Å². The maximum atomic E-state index is 14.0. The lowest BCUT2D eigenvalue weighted by atomic mass is 9.93. The lowest BCUT2D eigenvalue weighted by Crippen LogP contribution is -2.40. The van der Waals surface area contributed by atoms with Crippen LogP contribution in [0.2, 0.25) is 0 Å². The standard InChI is InChI=1S/C31H24FN3O3S/c1-3-38-30(37)26-27(19-9-5-4-6-10-19)33-31-35(28(26)20-13-15-22(32)16-14-20)29(36)25(39-31)17-21-18-34(2)24-12-8-7-11-23(21)24/h4-18,28H,3H2,1-2H3/b25-17-/t28-/m0/s1. The van der Waals surface area contributed by atoms with E-state index in [4.69, 9.17) is 9.73 Å². The third-order valence-electron chi connectivity index (χ3n) is 6.77. The van der Waals surface area contributed by atoms with Crippen molar-refractivity contribution >= 4 is 40.0 Å². The van der Waals surface area contributed by atoms with Crippen LogP contribution in [0.25, 0.3) is 22.7 Å². The Balaban J connectivity index is 1.66. The maximum absolute atomic E-state index is 14.0. The van der Waals surface area contributed by atoms with E-state index in [-0.39, 0.29) is 17.7 Å². The number of halogens is 1. The Morgan fingerprint density at radius 1 is 1.05 bits per heavy atom. The highest BCUT2D eigenvalue weighted by Crippen LogP contribution is 2.35. The summed E-state index contributed by atoms with van der Waals surface area (Å²) in [6, 6.07) is 22.3. The van der Waals surface area contributed by atoms with Crippen molar-refractivity contribution in [2.24, 2.45) is 12.0 Å². The van der Waals surface area contributed by atoms with E-state index < -0.39 is 17.8 Å². The summed E-state index contributed by atoms with van der Waals surface area (Å²) in [6.45, 7) is 1.89. The predicted molar refractivity (Wildman–Crippen MR) is 150 cm³/mol. The molecular weight excluding hydrogens is 513 g/mol. The van der Waals surface area contributed by atoms with Crippen LogP contribution in [0.15, 0.2) is 100 Å². The smallest absolute Gasteiger partial charge is 0.338 e. The van der Waals surface area contributed by atoms with E-state index in [0.717, 1.165) is 22.0 Å². The van der Waals surface area contributed by atoms with Crippen LogP contribution in [0, 0.1) is 5.82 Å². The topological polar surface area (TPSA) is 65.6 Å². The zero-order chi connectivity index (χ0) is 27.1. The van der Waals surface area contributed by atoms with Crippen molar-refractivity contribution in [3.8, 4) is 0 Å². The molecule has 0 saturated carbocycles. The summed E-state index contributed by atoms with van der Waals surface area (Å²) in [6.07, 6.45) is 3.85. The molecule has 0 N–H and O–H groups in total. The monoisotopic (exact) mass is 537 g/mol. The summed E-state index contributed by atoms with van der Waals surface area (Å²) >= 11 is 1.26. The van der Waals surface area contributed by atoms with Crippen molar-refractivity contribution in [3.63, 3.8) is 0 Å². The van der Waals surface area contributed by atoms with Crippen LogP contribution in [0.3, 0.4) is 0 Å². The van der Waals surface area contributed by atoms with Gasteiger partial charge in [-0.1, -0.05) is 72.0 Å². The molecule has 3 heterocycles. The molecule has 6 rings (SSSR count). The molecule has 0 aliphatic carbocycles. The van der Waals surface area contributed by atoms with E-state index in [9.17, 15) is 14.0 Å². The molecule has 39 heavy (non-hydrogen) atoms. The molecule has 0 fully saturated rings. The fourth-order valence-electron chi connectivity index (χ4n) is 5.03. The number of benzene rings is 3. The molecule has 0 spiro atoms. The SMILES string of the molecule is CCOC(=O)C1=C(c2ccccc2)N=c2s/c(=C\c3cn(C)c4ccccc34)c(=O)n2[C@H]1c1ccc(F)cc1. The van der Waals surface area contributed by atoms with Crippen molar-refractivity contribution in [3.05, 3.63) is 133 Å². The van der Waals surface area contributed by atoms with Gasteiger partial charge in [0.25, 0.3) is 5.56 Å². The van der Waals surface area contributed by atoms with Gasteiger partial charge in [0.1, 0.15) is 5.82 Å². The first-order valence-electron chi connectivity index (χ1n) is 12.5. The number of nitrogens with zero attached hydrogens (tertiary/aromatic N) is 3. The summed E-state index contributed by atoms with van der Waals surface area (Å²) < 4.78 is 23.4. The first-order chi connectivity index (χ1) is 19.0. The summed E-state index contributed by atoms with van der Waals surface area (Å²) in [7, 11) is 1.97. The Bertz CT molecular complexity index is 1930. The van der Waals surface area contributed by atoms with Gasteiger partial charge in [-0.3, -0.25) is 9.36 Å². The van der Waals surface area contributed by atoms with Crippen molar-refractivity contribution < 1.29 is 13.9 Å². The number of ether oxygens (including phenoxy) is 1. The summed E-state index contributed by atoms with van der Waals surface area (Å²) in [5.41, 5.74) is 3.65. The number of aromatic nitrogens is 2. The number of esters is 1. The van der Waals surface area contributed by atoms with Crippen LogP contribution in [0.4, 0.5) is 4.39 Å². The lowest BCUT2D eigenvalue weighted by Gasteiger charge is -2.25. The summed E-state index contributed by atoms with van der Waals surface area (Å²) in [5, 5.41) is 1.03. The molecule has 1 atom stereocenters. The number of aryl methyl sites for hydroxylation is 1. The summed E-state index contributed by atoms with van der Waals surface area (Å²) in [4.78, 5) is 32.8. The molecule has 1 aliphatic heterocycles. The quantitative estimate of drug-likeness (QED) is 0.309. The molecular formula is C31H24FN3O3S. The Hall–Kier alpha value is -4.56. The number of carbonyl (C=O) groups is 1. The average Bonchev–Trinajstić information content (AvgIpc) is 3.44. The number of carbonyl (C=O) groups excluding carboxylic acids is 1. The molecule has 3 aromatic carbocycles. The second-order valence-electron chi connectivity index (χ2n) is 9.20. The number of hydrogen-bond donors (Lipinski definition) is 0. The Morgan fingerprint density at radius 2 is 1.77 bits per heavy atom. The molecule has 1 aliphatic rings. The minimum absolute atomic E-state index is 0.159. The minimum Gasteiger partial charge on any atom is -0.463 e. The molecule has 0 saturated heterocycles. The highest BCUT2D eigenvalue weighted by atomic mass is 32.1. The van der Waals surface area contributed by atoms with E-state index in [1.807, 2.05) is 78.5 Å². The summed E-state index contributed by atoms with van der Waals surface area (Å²) in [5.74, 6) is -0.982. The third kappa shape index (κ3) is 4.32. The first kappa shape index (κ1) is 24.8. The van der Waals surface area contributed by atoms with Crippen LogP contribution in [-0.2, 0) is 16.6 Å². The van der Waals surface area contributed by atoms with E-state index >= 15 is 0 Å². The fourth-order valence-corrected chi connectivity index (χ4v) is 6.02. The molecule has 0 amide bonds. The molecule has 8 heteroatoms. The van der Waals surface area contributed by atoms with Gasteiger partial charge in [0.05, 0.1) is 28.5 Å². The average molecular weight is 538 g/mol. The molecule has 6 nitrogen and oxygen atoms in total. The van der Waals surface area contributed by atoms with Gasteiger partial charge < -0.3 is 9.30 Å². The van der Waals surface area contributed by atoms with Crippen LogP contribution in [0.5, 0.6) is 0 Å². The number of rotatable bonds is 5. The van der Waals surface area contributed by atoms with Gasteiger partial charge in [0.15, 0.2) is 4.80 Å². The number of para-hydroxylation sites is 1. The fraction of sp³-hybridized carbons (Fsp3) is 0.129. The zero-order valence-corrected chi connectivity index (χ0v) is 22.1. The highest BCUT2D eigenvalue weighted by Gasteiger charge is 2.35. The number of fused-ring (bicyclic) bond motifs is 2. The Morgan fingerprint density at radius 3 is 2.51 bits per heavy atom. The van der Waals surface area contributed by atoms with Gasteiger partial charge in [-0.25, -0.2) is 14.2 Å². The molecule has 194 valence electrons. The van der Waals surface area contributed by atoms with Gasteiger partial charge in [0.2, 0.25) is 0 Å². The van der Waals surface area contributed by atoms with E-state index in [0.29, 0.717) is 20.6 Å². The van der Waals surface area contributed by atoms with E-state index in [1.165, 1.54) is 28.0 Å². The zero-order valence-electron chi connectivity index (χ0n) is 21.3. The first-order valence-corrected chi connectivity index (χ1v) is 13.4. The van der Waals surface area contributed by atoms with Crippen molar-refractivity contribution in [1.29, 1.82) is 0 Å². The largest absolute Gasteiger partial charge is 0.463 e. The maximum Gasteiger partial charge on any atom is 0.338 e. The highest BCUT2D eigenvalue weighted by molar-refractivity contribution is 7.07. The Kier molecular flexibility index (Phi) is 6.32. The van der Waals surface area contributed by atoms with E-state index in [1.54, 1.807) is 19.1 Å². The molecule has 0 unspecified atom stereocenters. The van der Waals surface area contributed by atoms with Crippen LogP contribution in [-0.4, -0.2) is 21.7 Å². The third-order valence-corrected chi connectivity index (χ3v) is 7.76. The second-order valence-corrected chi connectivity index (χ2v) is 10.2. The Labute approximate surface area is 227 Å². The van der Waals surface area contributed by atoms with Gasteiger partial charge in [-0.15, -0.1) is 0 Å². The van der Waals surface area contributed by atoms with Crippen LogP contribution >= 0.6 is 11.3 Å². The number of thiazole rings is 1. The van der Waals surface area contributed by atoms with Gasteiger partial charge >= 0.3 is 5.97 Å². The minimum atomic E-state index is -0.842. The van der Waals surface area contributed by atoms with Crippen LogP contribution in [0.1, 0.15) is 29.7 Å². The number of hydrogen-bond acceptors (Lipinski definition) is 5. The predicted octanol–water partition coefficient (Wildman–Crippen LogP) is 4.57. The molecule has 5 aromatic rings. The van der Waals surface area contributed by atoms with Crippen molar-refractivity contribution in [1.82, 2.24) is 9.13 Å². The molecule has 2 aromatic heterocycles. The lowest BCUT2D eigenvalue weighted by molar-refractivity contribution is -0.138. The van der Waals surface area contributed by atoms with Gasteiger partial charge in [0, 0.05) is 35.3 Å². The molecule has 0 radical (unpaired) electrons. The van der Waals surface area contributed by atoms with Crippen molar-refractivity contribution in [2.75, 3.05) is 6.61 Å². The molecule has 0 bridgehead atoms. The second kappa shape index (κ2) is 9.96. The van der Waals surface area contributed by atoms with E-state index in [2.05, 4.69) is 0 Å².